The third-order valence-electron chi connectivity index (χ3n) is 4.11. The average molecular weight is 421 g/mol. The molecule has 0 bridgehead atoms. The maximum absolute atomic E-state index is 12.6. The second-order valence-electron chi connectivity index (χ2n) is 6.34. The minimum absolute atomic E-state index is 0.0150. The predicted molar refractivity (Wildman–Crippen MR) is 105 cm³/mol. The van der Waals surface area contributed by atoms with Gasteiger partial charge in [-0.1, -0.05) is 6.07 Å². The maximum Gasteiger partial charge on any atom is 0.338 e. The summed E-state index contributed by atoms with van der Waals surface area (Å²) in [5.41, 5.74) is 0.757. The molecule has 0 fully saturated rings. The van der Waals surface area contributed by atoms with Crippen LogP contribution in [0.1, 0.15) is 29.9 Å². The van der Waals surface area contributed by atoms with Crippen LogP contribution in [0.5, 0.6) is 0 Å². The molecule has 1 aromatic carbocycles. The van der Waals surface area contributed by atoms with E-state index >= 15 is 0 Å². The molecule has 0 saturated heterocycles. The number of carbonyl (C=O) groups is 1. The molecule has 9 heteroatoms. The van der Waals surface area contributed by atoms with Gasteiger partial charge >= 0.3 is 5.97 Å². The summed E-state index contributed by atoms with van der Waals surface area (Å²) < 4.78 is 37.0. The Morgan fingerprint density at radius 1 is 1.29 bits per heavy atom. The minimum atomic E-state index is -3.68. The number of rotatable bonds is 7. The van der Waals surface area contributed by atoms with Gasteiger partial charge < -0.3 is 9.15 Å². The van der Waals surface area contributed by atoms with E-state index in [4.69, 9.17) is 9.15 Å². The SMILES string of the molecule is CC(C)N(C)S(=O)(=O)c1cccc(C(=O)OCc2csc(-c3ccco3)n2)c1. The van der Waals surface area contributed by atoms with Crippen LogP contribution in [0.4, 0.5) is 0 Å². The highest BCUT2D eigenvalue weighted by molar-refractivity contribution is 7.89. The van der Waals surface area contributed by atoms with Crippen molar-refractivity contribution < 1.29 is 22.4 Å². The lowest BCUT2D eigenvalue weighted by atomic mass is 10.2. The Balaban J connectivity index is 1.70. The first-order valence-electron chi connectivity index (χ1n) is 8.52. The van der Waals surface area contributed by atoms with E-state index in [9.17, 15) is 13.2 Å². The number of aromatic nitrogens is 1. The molecular formula is C19H20N2O5S2. The maximum atomic E-state index is 12.6. The Morgan fingerprint density at radius 3 is 2.75 bits per heavy atom. The van der Waals surface area contributed by atoms with E-state index in [1.807, 2.05) is 0 Å². The minimum Gasteiger partial charge on any atom is -0.462 e. The Kier molecular flexibility index (Phi) is 5.97. The first-order valence-corrected chi connectivity index (χ1v) is 10.8. The topological polar surface area (TPSA) is 89.7 Å². The molecule has 0 amide bonds. The third-order valence-corrected chi connectivity index (χ3v) is 7.04. The van der Waals surface area contributed by atoms with Crippen LogP contribution in [0.2, 0.25) is 0 Å². The molecule has 2 heterocycles. The summed E-state index contributed by atoms with van der Waals surface area (Å²) in [5.74, 6) is 0.0338. The number of furan rings is 1. The van der Waals surface area contributed by atoms with Crippen LogP contribution in [0.15, 0.2) is 57.4 Å². The van der Waals surface area contributed by atoms with E-state index in [-0.39, 0.29) is 23.1 Å². The number of hydrogen-bond donors (Lipinski definition) is 0. The number of ether oxygens (including phenoxy) is 1. The molecule has 0 aliphatic heterocycles. The molecule has 148 valence electrons. The highest BCUT2D eigenvalue weighted by Gasteiger charge is 2.24. The monoisotopic (exact) mass is 420 g/mol. The van der Waals surface area contributed by atoms with Crippen molar-refractivity contribution in [2.24, 2.45) is 0 Å². The van der Waals surface area contributed by atoms with Gasteiger partial charge in [-0.05, 0) is 44.2 Å². The van der Waals surface area contributed by atoms with Crippen LogP contribution in [-0.4, -0.2) is 36.8 Å². The van der Waals surface area contributed by atoms with Crippen LogP contribution in [0.25, 0.3) is 10.8 Å². The van der Waals surface area contributed by atoms with Crippen LogP contribution >= 0.6 is 11.3 Å². The molecule has 3 aromatic rings. The van der Waals surface area contributed by atoms with Gasteiger partial charge in [0.1, 0.15) is 6.61 Å². The highest BCUT2D eigenvalue weighted by atomic mass is 32.2. The van der Waals surface area contributed by atoms with Gasteiger partial charge in [0.05, 0.1) is 22.4 Å². The summed E-state index contributed by atoms with van der Waals surface area (Å²) in [5, 5.41) is 2.48. The number of thiazole rings is 1. The molecular weight excluding hydrogens is 400 g/mol. The quantitative estimate of drug-likeness (QED) is 0.540. The summed E-state index contributed by atoms with van der Waals surface area (Å²) in [6.07, 6.45) is 1.56. The third kappa shape index (κ3) is 4.32. The van der Waals surface area contributed by atoms with Crippen molar-refractivity contribution in [2.75, 3.05) is 7.05 Å². The molecule has 7 nitrogen and oxygen atoms in total. The van der Waals surface area contributed by atoms with Crippen LogP contribution in [-0.2, 0) is 21.4 Å². The molecule has 2 aromatic heterocycles. The standard InChI is InChI=1S/C19H20N2O5S2/c1-13(2)21(3)28(23,24)16-7-4-6-14(10-16)19(22)26-11-15-12-27-18(20-15)17-8-5-9-25-17/h4-10,12-13H,11H2,1-3H3. The Labute approximate surface area is 167 Å². The van der Waals surface area contributed by atoms with Gasteiger partial charge in [-0.2, -0.15) is 4.31 Å². The van der Waals surface area contributed by atoms with Crippen LogP contribution in [0, 0.1) is 0 Å². The number of sulfonamides is 1. The van der Waals surface area contributed by atoms with E-state index in [1.54, 1.807) is 37.6 Å². The number of hydrogen-bond acceptors (Lipinski definition) is 7. The Hall–Kier alpha value is -2.49. The number of nitrogens with zero attached hydrogens (tertiary/aromatic N) is 2. The van der Waals surface area contributed by atoms with Gasteiger partial charge in [0.25, 0.3) is 0 Å². The summed E-state index contributed by atoms with van der Waals surface area (Å²) in [6, 6.07) is 9.20. The molecule has 0 aliphatic carbocycles. The molecule has 28 heavy (non-hydrogen) atoms. The van der Waals surface area contributed by atoms with Crippen LogP contribution in [0.3, 0.4) is 0 Å². The van der Waals surface area contributed by atoms with Gasteiger partial charge in [0.15, 0.2) is 10.8 Å². The summed E-state index contributed by atoms with van der Waals surface area (Å²) in [7, 11) is -2.17. The zero-order valence-corrected chi connectivity index (χ0v) is 17.3. The van der Waals surface area contributed by atoms with Crippen molar-refractivity contribution in [1.82, 2.24) is 9.29 Å². The lowest BCUT2D eigenvalue weighted by Gasteiger charge is -2.21. The molecule has 0 N–H and O–H groups in total. The Morgan fingerprint density at radius 2 is 2.07 bits per heavy atom. The summed E-state index contributed by atoms with van der Waals surface area (Å²) >= 11 is 1.39. The fraction of sp³-hybridized carbons (Fsp3) is 0.263. The van der Waals surface area contributed by atoms with E-state index in [0.29, 0.717) is 16.5 Å². The molecule has 0 spiro atoms. The highest BCUT2D eigenvalue weighted by Crippen LogP contribution is 2.24. The molecule has 0 aliphatic rings. The summed E-state index contributed by atoms with van der Waals surface area (Å²) in [4.78, 5) is 16.8. The molecule has 0 atom stereocenters. The van der Waals surface area contributed by atoms with E-state index < -0.39 is 16.0 Å². The number of benzene rings is 1. The number of esters is 1. The van der Waals surface area contributed by atoms with Crippen molar-refractivity contribution in [1.29, 1.82) is 0 Å². The van der Waals surface area contributed by atoms with Crippen molar-refractivity contribution in [3.8, 4) is 10.8 Å². The number of carbonyl (C=O) groups excluding carboxylic acids is 1. The van der Waals surface area contributed by atoms with Crippen molar-refractivity contribution in [3.05, 3.63) is 59.3 Å². The smallest absolute Gasteiger partial charge is 0.338 e. The first-order chi connectivity index (χ1) is 13.3. The predicted octanol–water partition coefficient (Wildman–Crippen LogP) is 3.79. The lowest BCUT2D eigenvalue weighted by Crippen LogP contribution is -2.33. The molecule has 0 saturated carbocycles. The van der Waals surface area contributed by atoms with Gasteiger partial charge in [-0.3, -0.25) is 0 Å². The van der Waals surface area contributed by atoms with Crippen molar-refractivity contribution in [2.45, 2.75) is 31.4 Å². The first kappa shape index (κ1) is 20.2. The van der Waals surface area contributed by atoms with Crippen molar-refractivity contribution in [3.63, 3.8) is 0 Å². The van der Waals surface area contributed by atoms with Crippen LogP contribution < -0.4 is 0 Å². The van der Waals surface area contributed by atoms with Gasteiger partial charge in [-0.25, -0.2) is 18.2 Å². The zero-order chi connectivity index (χ0) is 20.3. The largest absolute Gasteiger partial charge is 0.462 e. The molecule has 0 radical (unpaired) electrons. The van der Waals surface area contributed by atoms with Gasteiger partial charge in [0.2, 0.25) is 10.0 Å². The lowest BCUT2D eigenvalue weighted by molar-refractivity contribution is 0.0468. The average Bonchev–Trinajstić information content (AvgIpc) is 3.37. The van der Waals surface area contributed by atoms with E-state index in [2.05, 4.69) is 4.98 Å². The fourth-order valence-electron chi connectivity index (χ4n) is 2.34. The zero-order valence-electron chi connectivity index (χ0n) is 15.7. The molecule has 3 rings (SSSR count). The van der Waals surface area contributed by atoms with Gasteiger partial charge in [0, 0.05) is 18.5 Å². The second kappa shape index (κ2) is 8.26. The normalized spacial score (nSPS) is 11.9. The van der Waals surface area contributed by atoms with Gasteiger partial charge in [-0.15, -0.1) is 11.3 Å². The van der Waals surface area contributed by atoms with Crippen molar-refractivity contribution >= 4 is 27.3 Å². The van der Waals surface area contributed by atoms with E-state index in [1.165, 1.54) is 47.0 Å². The summed E-state index contributed by atoms with van der Waals surface area (Å²) in [6.45, 7) is 3.54. The van der Waals surface area contributed by atoms with E-state index in [0.717, 1.165) is 0 Å². The fourth-order valence-corrected chi connectivity index (χ4v) is 4.52. The molecule has 0 unspecified atom stereocenters. The Bertz CT molecular complexity index is 1060. The second-order valence-corrected chi connectivity index (χ2v) is 9.20.